The van der Waals surface area contributed by atoms with E-state index >= 15 is 0 Å². The highest BCUT2D eigenvalue weighted by Crippen LogP contribution is 2.35. The Labute approximate surface area is 120 Å². The number of benzene rings is 1. The van der Waals surface area contributed by atoms with Gasteiger partial charge in [-0.2, -0.15) is 0 Å². The van der Waals surface area contributed by atoms with Crippen molar-refractivity contribution in [3.63, 3.8) is 0 Å². The Morgan fingerprint density at radius 2 is 2.05 bits per heavy atom. The third kappa shape index (κ3) is 2.63. The summed E-state index contributed by atoms with van der Waals surface area (Å²) >= 11 is 0. The summed E-state index contributed by atoms with van der Waals surface area (Å²) in [5.41, 5.74) is 0.758. The van der Waals surface area contributed by atoms with E-state index in [0.29, 0.717) is 12.0 Å². The lowest BCUT2D eigenvalue weighted by atomic mass is 10.1. The number of nitrogens with zero attached hydrogens (tertiary/aromatic N) is 2. The molecule has 1 aromatic heterocycles. The van der Waals surface area contributed by atoms with Crippen molar-refractivity contribution in [2.45, 2.75) is 39.3 Å². The van der Waals surface area contributed by atoms with Crippen molar-refractivity contribution >= 4 is 16.6 Å². The van der Waals surface area contributed by atoms with Crippen LogP contribution in [0, 0.1) is 5.92 Å². The average molecular weight is 270 g/mol. The highest BCUT2D eigenvalue weighted by atomic mass is 16.3. The summed E-state index contributed by atoms with van der Waals surface area (Å²) in [6, 6.07) is 10.9. The second-order valence-corrected chi connectivity index (χ2v) is 6.09. The number of aliphatic hydroxyl groups excluding tert-OH is 1. The molecule has 1 aromatic carbocycles. The van der Waals surface area contributed by atoms with Crippen LogP contribution in [0.2, 0.25) is 0 Å². The first-order chi connectivity index (χ1) is 9.69. The van der Waals surface area contributed by atoms with Crippen molar-refractivity contribution in [3.8, 4) is 0 Å². The molecule has 0 saturated heterocycles. The maximum absolute atomic E-state index is 9.46. The molecule has 0 aliphatic heterocycles. The molecule has 2 aromatic rings. The molecule has 1 N–H and O–H groups in total. The Bertz CT molecular complexity index is 605. The number of aliphatic hydroxyl groups is 1. The summed E-state index contributed by atoms with van der Waals surface area (Å²) in [6.45, 7) is 5.51. The zero-order chi connectivity index (χ0) is 14.1. The third-order valence-electron chi connectivity index (χ3n) is 3.76. The van der Waals surface area contributed by atoms with E-state index in [9.17, 15) is 5.11 Å². The van der Waals surface area contributed by atoms with Gasteiger partial charge in [-0.1, -0.05) is 38.1 Å². The highest BCUT2D eigenvalue weighted by Gasteiger charge is 2.31. The smallest absolute Gasteiger partial charge is 0.137 e. The molecule has 3 heteroatoms. The molecule has 1 heterocycles. The zero-order valence-electron chi connectivity index (χ0n) is 12.2. The Kier molecular flexibility index (Phi) is 3.62. The normalized spacial score (nSPS) is 15.0. The van der Waals surface area contributed by atoms with Crippen molar-refractivity contribution in [1.29, 1.82) is 0 Å². The summed E-state index contributed by atoms with van der Waals surface area (Å²) < 4.78 is 0. The molecule has 0 unspecified atom stereocenters. The largest absolute Gasteiger partial charge is 0.390 e. The molecule has 3 nitrogen and oxygen atoms in total. The van der Waals surface area contributed by atoms with Crippen LogP contribution >= 0.6 is 0 Å². The molecule has 1 aliphatic carbocycles. The Hall–Kier alpha value is -1.61. The molecule has 0 atom stereocenters. The Morgan fingerprint density at radius 3 is 2.70 bits per heavy atom. The van der Waals surface area contributed by atoms with Crippen LogP contribution in [0.25, 0.3) is 10.8 Å². The SMILES string of the molecule is CC(C)CN(c1nc(CO)cc2ccccc12)C1CC1. The van der Waals surface area contributed by atoms with E-state index in [1.165, 1.54) is 18.2 Å². The number of anilines is 1. The van der Waals surface area contributed by atoms with E-state index in [2.05, 4.69) is 36.9 Å². The fraction of sp³-hybridized carbons (Fsp3) is 0.471. The molecule has 106 valence electrons. The van der Waals surface area contributed by atoms with Crippen LogP contribution in [-0.2, 0) is 6.61 Å². The van der Waals surface area contributed by atoms with E-state index in [4.69, 9.17) is 4.98 Å². The molecule has 1 saturated carbocycles. The topological polar surface area (TPSA) is 36.4 Å². The number of hydrogen-bond donors (Lipinski definition) is 1. The fourth-order valence-electron chi connectivity index (χ4n) is 2.72. The first-order valence-electron chi connectivity index (χ1n) is 7.45. The second-order valence-electron chi connectivity index (χ2n) is 6.09. The zero-order valence-corrected chi connectivity index (χ0v) is 12.2. The Balaban J connectivity index is 2.11. The van der Waals surface area contributed by atoms with Crippen LogP contribution in [0.5, 0.6) is 0 Å². The van der Waals surface area contributed by atoms with Crippen molar-refractivity contribution in [1.82, 2.24) is 4.98 Å². The van der Waals surface area contributed by atoms with E-state index in [-0.39, 0.29) is 6.61 Å². The molecule has 0 spiro atoms. The summed E-state index contributed by atoms with van der Waals surface area (Å²) in [6.07, 6.45) is 2.51. The van der Waals surface area contributed by atoms with Crippen LogP contribution < -0.4 is 4.90 Å². The number of rotatable bonds is 5. The minimum Gasteiger partial charge on any atom is -0.390 e. The fourth-order valence-corrected chi connectivity index (χ4v) is 2.72. The van der Waals surface area contributed by atoms with Crippen LogP contribution in [-0.4, -0.2) is 22.7 Å². The number of pyridine rings is 1. The maximum atomic E-state index is 9.46. The summed E-state index contributed by atoms with van der Waals surface area (Å²) in [4.78, 5) is 7.15. The quantitative estimate of drug-likeness (QED) is 0.905. The van der Waals surface area contributed by atoms with Gasteiger partial charge in [0.15, 0.2) is 0 Å². The molecule has 0 radical (unpaired) electrons. The lowest BCUT2D eigenvalue weighted by Crippen LogP contribution is -2.31. The van der Waals surface area contributed by atoms with Crippen LogP contribution in [0.1, 0.15) is 32.4 Å². The van der Waals surface area contributed by atoms with Crippen LogP contribution in [0.15, 0.2) is 30.3 Å². The van der Waals surface area contributed by atoms with Gasteiger partial charge < -0.3 is 10.0 Å². The summed E-state index contributed by atoms with van der Waals surface area (Å²) in [5, 5.41) is 11.8. The van der Waals surface area contributed by atoms with Crippen LogP contribution in [0.3, 0.4) is 0 Å². The van der Waals surface area contributed by atoms with Crippen molar-refractivity contribution in [3.05, 3.63) is 36.0 Å². The van der Waals surface area contributed by atoms with E-state index in [1.807, 2.05) is 12.1 Å². The van der Waals surface area contributed by atoms with Gasteiger partial charge >= 0.3 is 0 Å². The van der Waals surface area contributed by atoms with Gasteiger partial charge in [0.1, 0.15) is 5.82 Å². The van der Waals surface area contributed by atoms with E-state index in [0.717, 1.165) is 23.4 Å². The lowest BCUT2D eigenvalue weighted by molar-refractivity contribution is 0.277. The second kappa shape index (κ2) is 5.41. The standard InChI is InChI=1S/C17H22N2O/c1-12(2)10-19(15-7-8-15)17-16-6-4-3-5-13(16)9-14(11-20)18-17/h3-6,9,12,15,20H,7-8,10-11H2,1-2H3. The van der Waals surface area contributed by atoms with Gasteiger partial charge in [0, 0.05) is 18.0 Å². The van der Waals surface area contributed by atoms with Gasteiger partial charge in [-0.05, 0) is 30.2 Å². The Morgan fingerprint density at radius 1 is 1.30 bits per heavy atom. The van der Waals surface area contributed by atoms with Gasteiger partial charge in [0.2, 0.25) is 0 Å². The molecule has 0 amide bonds. The first kappa shape index (κ1) is 13.4. The highest BCUT2D eigenvalue weighted by molar-refractivity contribution is 5.92. The summed E-state index contributed by atoms with van der Waals surface area (Å²) in [7, 11) is 0. The predicted molar refractivity (Wildman–Crippen MR) is 82.9 cm³/mol. The third-order valence-corrected chi connectivity index (χ3v) is 3.76. The predicted octanol–water partition coefficient (Wildman–Crippen LogP) is 3.35. The molecular formula is C17H22N2O. The van der Waals surface area contributed by atoms with Crippen molar-refractivity contribution in [2.24, 2.45) is 5.92 Å². The maximum Gasteiger partial charge on any atom is 0.137 e. The first-order valence-corrected chi connectivity index (χ1v) is 7.45. The monoisotopic (exact) mass is 270 g/mol. The average Bonchev–Trinajstić information content (AvgIpc) is 3.28. The minimum atomic E-state index is -0.00196. The van der Waals surface area contributed by atoms with Gasteiger partial charge in [0.25, 0.3) is 0 Å². The lowest BCUT2D eigenvalue weighted by Gasteiger charge is -2.27. The minimum absolute atomic E-state index is 0.00196. The van der Waals surface area contributed by atoms with E-state index < -0.39 is 0 Å². The molecular weight excluding hydrogens is 248 g/mol. The van der Waals surface area contributed by atoms with Gasteiger partial charge in [0.05, 0.1) is 12.3 Å². The number of fused-ring (bicyclic) bond motifs is 1. The van der Waals surface area contributed by atoms with Crippen molar-refractivity contribution in [2.75, 3.05) is 11.4 Å². The van der Waals surface area contributed by atoms with Gasteiger partial charge in [-0.15, -0.1) is 0 Å². The summed E-state index contributed by atoms with van der Waals surface area (Å²) in [5.74, 6) is 1.65. The van der Waals surface area contributed by atoms with E-state index in [1.54, 1.807) is 0 Å². The molecule has 3 rings (SSSR count). The number of aromatic nitrogens is 1. The molecule has 1 aliphatic rings. The van der Waals surface area contributed by atoms with Gasteiger partial charge in [-0.25, -0.2) is 4.98 Å². The van der Waals surface area contributed by atoms with Crippen LogP contribution in [0.4, 0.5) is 5.82 Å². The van der Waals surface area contributed by atoms with Crippen molar-refractivity contribution < 1.29 is 5.11 Å². The van der Waals surface area contributed by atoms with Gasteiger partial charge in [-0.3, -0.25) is 0 Å². The molecule has 20 heavy (non-hydrogen) atoms. The molecule has 0 bridgehead atoms. The molecule has 1 fully saturated rings. The number of hydrogen-bond acceptors (Lipinski definition) is 3.